The number of nitrogens with one attached hydrogen (secondary N) is 2. The number of amides is 1. The molecule has 0 spiro atoms. The van der Waals surface area contributed by atoms with Crippen LogP contribution in [0.3, 0.4) is 0 Å². The minimum atomic E-state index is -0.211. The lowest BCUT2D eigenvalue weighted by atomic mass is 10.3. The van der Waals surface area contributed by atoms with Crippen molar-refractivity contribution in [2.75, 3.05) is 5.75 Å². The van der Waals surface area contributed by atoms with Crippen molar-refractivity contribution in [3.8, 4) is 0 Å². The Bertz CT molecular complexity index is 738. The molecule has 0 unspecified atom stereocenters. The van der Waals surface area contributed by atoms with Gasteiger partial charge in [0.1, 0.15) is 0 Å². The van der Waals surface area contributed by atoms with Crippen LogP contribution in [0.5, 0.6) is 0 Å². The van der Waals surface area contributed by atoms with Gasteiger partial charge in [0, 0.05) is 29.4 Å². The van der Waals surface area contributed by atoms with Gasteiger partial charge in [-0.25, -0.2) is 0 Å². The van der Waals surface area contributed by atoms with Gasteiger partial charge >= 0.3 is 0 Å². The van der Waals surface area contributed by atoms with Crippen molar-refractivity contribution in [2.45, 2.75) is 8.42 Å². The Balaban J connectivity index is 1.60. The summed E-state index contributed by atoms with van der Waals surface area (Å²) in [5.41, 5.74) is 7.03. The van der Waals surface area contributed by atoms with E-state index in [4.69, 9.17) is 0 Å². The van der Waals surface area contributed by atoms with Crippen molar-refractivity contribution in [3.05, 3.63) is 50.0 Å². The van der Waals surface area contributed by atoms with E-state index in [1.807, 2.05) is 5.41 Å². The Morgan fingerprint density at radius 1 is 1.19 bits per heavy atom. The topological polar surface area (TPSA) is 71.1 Å². The predicted molar refractivity (Wildman–Crippen MR) is 88.0 cm³/mol. The van der Waals surface area contributed by atoms with Gasteiger partial charge in [-0.1, -0.05) is 34.4 Å². The number of thioether (sulfide) groups is 2. The number of carbonyl (C=O) groups excluding carboxylic acids is 1. The molecule has 21 heavy (non-hydrogen) atoms. The second kappa shape index (κ2) is 6.65. The molecule has 2 aromatic rings. The first-order valence-corrected chi connectivity index (χ1v) is 9.31. The van der Waals surface area contributed by atoms with Crippen LogP contribution in [0.4, 0.5) is 0 Å². The Kier molecular flexibility index (Phi) is 4.63. The first-order valence-electron chi connectivity index (χ1n) is 5.81. The Morgan fingerprint density at radius 2 is 1.95 bits per heavy atom. The second-order valence-corrected chi connectivity index (χ2v) is 8.50. The third kappa shape index (κ3) is 3.67. The molecule has 0 radical (unpaired) electrons. The number of fused-ring (bicyclic) bond motifs is 1. The molecule has 1 aliphatic rings. The molecule has 0 aliphatic carbocycles. The van der Waals surface area contributed by atoms with Gasteiger partial charge < -0.3 is 5.43 Å². The highest BCUT2D eigenvalue weighted by Gasteiger charge is 2.15. The maximum atomic E-state index is 11.9. The standard InChI is InChI=1S/C12H9N3O2S4/c16-9(7-1-3-13-4-2-7)15-14-8-5-18-10-11(19-6-8)21-12(17)20-10/h1-5,14H,6H2,(H,15,16). The van der Waals surface area contributed by atoms with Gasteiger partial charge in [0.2, 0.25) is 0 Å². The molecule has 108 valence electrons. The van der Waals surface area contributed by atoms with Crippen LogP contribution in [0, 0.1) is 0 Å². The molecule has 2 N–H and O–H groups in total. The van der Waals surface area contributed by atoms with Crippen LogP contribution in [0.25, 0.3) is 0 Å². The van der Waals surface area contributed by atoms with Crippen LogP contribution in [-0.2, 0) is 0 Å². The summed E-state index contributed by atoms with van der Waals surface area (Å²) >= 11 is 5.65. The highest BCUT2D eigenvalue weighted by molar-refractivity contribution is 8.07. The molecule has 0 saturated carbocycles. The number of aromatic nitrogens is 1. The molecule has 1 aliphatic heterocycles. The summed E-state index contributed by atoms with van der Waals surface area (Å²) in [6, 6.07) is 3.30. The van der Waals surface area contributed by atoms with Gasteiger partial charge in [0.05, 0.1) is 8.42 Å². The van der Waals surface area contributed by atoms with Crippen molar-refractivity contribution in [1.82, 2.24) is 15.8 Å². The summed E-state index contributed by atoms with van der Waals surface area (Å²) in [4.78, 5) is 27.1. The van der Waals surface area contributed by atoms with E-state index in [1.54, 1.807) is 36.3 Å². The first kappa shape index (κ1) is 14.6. The van der Waals surface area contributed by atoms with E-state index in [-0.39, 0.29) is 9.96 Å². The molecule has 5 nitrogen and oxygen atoms in total. The molecule has 3 heterocycles. The van der Waals surface area contributed by atoms with Crippen molar-refractivity contribution in [1.29, 1.82) is 0 Å². The monoisotopic (exact) mass is 355 g/mol. The SMILES string of the molecule is O=C(NNC1=CSc2sc(=O)sc2SC1)c1ccncc1. The lowest BCUT2D eigenvalue weighted by molar-refractivity contribution is 0.0939. The van der Waals surface area contributed by atoms with Crippen molar-refractivity contribution in [3.63, 3.8) is 0 Å². The van der Waals surface area contributed by atoms with Crippen molar-refractivity contribution < 1.29 is 4.79 Å². The lowest BCUT2D eigenvalue weighted by Crippen LogP contribution is -2.37. The largest absolute Gasteiger partial charge is 0.301 e. The number of pyridine rings is 1. The van der Waals surface area contributed by atoms with Crippen molar-refractivity contribution in [2.24, 2.45) is 0 Å². The first-order chi connectivity index (χ1) is 10.2. The number of hydrazine groups is 1. The van der Waals surface area contributed by atoms with E-state index in [2.05, 4.69) is 15.8 Å². The van der Waals surface area contributed by atoms with Crippen LogP contribution in [-0.4, -0.2) is 16.6 Å². The number of rotatable bonds is 3. The Morgan fingerprint density at radius 3 is 2.76 bits per heavy atom. The summed E-state index contributed by atoms with van der Waals surface area (Å²) in [6.07, 6.45) is 3.15. The number of hydrogen-bond donors (Lipinski definition) is 2. The van der Waals surface area contributed by atoms with E-state index in [0.29, 0.717) is 11.3 Å². The molecule has 2 aromatic heterocycles. The second-order valence-electron chi connectivity index (χ2n) is 3.89. The van der Waals surface area contributed by atoms with Gasteiger partial charge in [0.15, 0.2) is 0 Å². The molecular formula is C12H9N3O2S4. The summed E-state index contributed by atoms with van der Waals surface area (Å²) in [6.45, 7) is 0. The summed E-state index contributed by atoms with van der Waals surface area (Å²) in [5.74, 6) is 0.473. The van der Waals surface area contributed by atoms with Gasteiger partial charge in [0.25, 0.3) is 9.96 Å². The quantitative estimate of drug-likeness (QED) is 0.825. The number of nitrogens with zero attached hydrogens (tertiary/aromatic N) is 1. The molecular weight excluding hydrogens is 346 g/mol. The fourth-order valence-electron chi connectivity index (χ4n) is 1.50. The molecule has 0 atom stereocenters. The van der Waals surface area contributed by atoms with Crippen molar-refractivity contribution >= 4 is 52.1 Å². The van der Waals surface area contributed by atoms with E-state index >= 15 is 0 Å². The molecule has 3 rings (SSSR count). The van der Waals surface area contributed by atoms with Gasteiger partial charge in [-0.15, -0.1) is 11.8 Å². The zero-order valence-corrected chi connectivity index (χ0v) is 13.8. The summed E-state index contributed by atoms with van der Waals surface area (Å²) in [7, 11) is 0. The molecule has 0 fully saturated rings. The minimum absolute atomic E-state index is 0.121. The summed E-state index contributed by atoms with van der Waals surface area (Å²) in [5, 5.41) is 1.92. The fraction of sp³-hybridized carbons (Fsp3) is 0.0833. The number of hydrogen-bond acceptors (Lipinski definition) is 8. The minimum Gasteiger partial charge on any atom is -0.301 e. The van der Waals surface area contributed by atoms with E-state index < -0.39 is 0 Å². The van der Waals surface area contributed by atoms with E-state index in [9.17, 15) is 9.59 Å². The average Bonchev–Trinajstić information content (AvgIpc) is 2.76. The Labute approximate surface area is 136 Å². The third-order valence-electron chi connectivity index (χ3n) is 2.46. The molecule has 0 aromatic carbocycles. The van der Waals surface area contributed by atoms with E-state index in [0.717, 1.165) is 14.1 Å². The molecule has 0 bridgehead atoms. The molecule has 1 amide bonds. The molecule has 9 heteroatoms. The maximum absolute atomic E-state index is 11.9. The average molecular weight is 355 g/mol. The number of carbonyl (C=O) groups is 1. The molecule has 0 saturated heterocycles. The van der Waals surface area contributed by atoms with E-state index in [1.165, 1.54) is 34.4 Å². The highest BCUT2D eigenvalue weighted by Crippen LogP contribution is 2.40. The van der Waals surface area contributed by atoms with Crippen LogP contribution >= 0.6 is 46.2 Å². The van der Waals surface area contributed by atoms with Gasteiger partial charge in [-0.3, -0.25) is 20.0 Å². The predicted octanol–water partition coefficient (Wildman–Crippen LogP) is 2.54. The van der Waals surface area contributed by atoms with Crippen LogP contribution < -0.4 is 14.9 Å². The maximum Gasteiger partial charge on any atom is 0.289 e. The highest BCUT2D eigenvalue weighted by atomic mass is 32.2. The van der Waals surface area contributed by atoms with Crippen LogP contribution in [0.15, 0.2) is 48.8 Å². The van der Waals surface area contributed by atoms with Crippen LogP contribution in [0.1, 0.15) is 10.4 Å². The normalized spacial score (nSPS) is 13.8. The Hall–Kier alpha value is -1.29. The van der Waals surface area contributed by atoms with Gasteiger partial charge in [-0.05, 0) is 17.5 Å². The smallest absolute Gasteiger partial charge is 0.289 e. The zero-order valence-electron chi connectivity index (χ0n) is 10.5. The van der Waals surface area contributed by atoms with Crippen LogP contribution in [0.2, 0.25) is 0 Å². The lowest BCUT2D eigenvalue weighted by Gasteiger charge is -2.10. The fourth-order valence-corrected chi connectivity index (χ4v) is 6.45. The zero-order chi connectivity index (χ0) is 14.7. The third-order valence-corrected chi connectivity index (χ3v) is 7.48. The summed E-state index contributed by atoms with van der Waals surface area (Å²) < 4.78 is 2.19. The van der Waals surface area contributed by atoms with Gasteiger partial charge in [-0.2, -0.15) is 0 Å².